The number of carbonyl (C=O) groups is 5. The largest absolute Gasteiger partial charge is 0.492 e. The summed E-state index contributed by atoms with van der Waals surface area (Å²) >= 11 is 0. The molecule has 0 aromatic carbocycles. The van der Waals surface area contributed by atoms with Gasteiger partial charge in [-0.3, -0.25) is 33.8 Å². The van der Waals surface area contributed by atoms with E-state index < -0.39 is 47.7 Å². The summed E-state index contributed by atoms with van der Waals surface area (Å²) in [4.78, 5) is 69.9. The summed E-state index contributed by atoms with van der Waals surface area (Å²) in [6.07, 6.45) is 0.193. The topological polar surface area (TPSA) is 143 Å². The Bertz CT molecular complexity index is 1420. The third kappa shape index (κ3) is 3.58. The minimum Gasteiger partial charge on any atom is -0.492 e. The first kappa shape index (κ1) is 26.7. The molecule has 2 aliphatic carbocycles. The first-order chi connectivity index (χ1) is 18.5. The predicted molar refractivity (Wildman–Crippen MR) is 134 cm³/mol. The quantitative estimate of drug-likeness (QED) is 0.371. The first-order valence-corrected chi connectivity index (χ1v) is 12.7. The molecule has 11 nitrogen and oxygen atoms in total. The minimum atomic E-state index is -0.934. The van der Waals surface area contributed by atoms with Gasteiger partial charge in [-0.25, -0.2) is 0 Å². The third-order valence-corrected chi connectivity index (χ3v) is 8.66. The summed E-state index contributed by atoms with van der Waals surface area (Å²) < 4.78 is 16.0. The van der Waals surface area contributed by atoms with E-state index in [0.717, 1.165) is 0 Å². The van der Waals surface area contributed by atoms with Gasteiger partial charge in [0.05, 0.1) is 32.4 Å². The van der Waals surface area contributed by atoms with Crippen LogP contribution in [0.4, 0.5) is 0 Å². The zero-order valence-corrected chi connectivity index (χ0v) is 22.6. The molecule has 3 aliphatic heterocycles. The number of hydrogen-bond acceptors (Lipinski definition) is 11. The van der Waals surface area contributed by atoms with Crippen molar-refractivity contribution in [2.24, 2.45) is 0 Å². The van der Waals surface area contributed by atoms with Gasteiger partial charge in [0.25, 0.3) is 0 Å². The van der Waals surface area contributed by atoms with Crippen LogP contribution in [0, 0.1) is 11.3 Å². The van der Waals surface area contributed by atoms with Gasteiger partial charge in [-0.05, 0) is 33.7 Å². The van der Waals surface area contributed by atoms with Gasteiger partial charge in [0.2, 0.25) is 11.6 Å². The van der Waals surface area contributed by atoms with Crippen LogP contribution in [0.5, 0.6) is 0 Å². The molecule has 0 unspecified atom stereocenters. The first-order valence-electron chi connectivity index (χ1n) is 12.7. The van der Waals surface area contributed by atoms with Gasteiger partial charge in [-0.2, -0.15) is 5.26 Å². The van der Waals surface area contributed by atoms with Crippen molar-refractivity contribution >= 4 is 29.1 Å². The number of rotatable bonds is 4. The highest BCUT2D eigenvalue weighted by Crippen LogP contribution is 2.49. The van der Waals surface area contributed by atoms with E-state index in [9.17, 15) is 29.2 Å². The number of ether oxygens (including phenoxy) is 3. The molecule has 0 spiro atoms. The Morgan fingerprint density at radius 2 is 1.41 bits per heavy atom. The lowest BCUT2D eigenvalue weighted by Crippen LogP contribution is -2.74. The molecule has 0 N–H and O–H groups in total. The molecular weight excluding hydrogens is 506 g/mol. The van der Waals surface area contributed by atoms with Crippen molar-refractivity contribution in [1.29, 1.82) is 5.26 Å². The fraction of sp³-hybridized carbons (Fsp3) is 0.500. The second-order valence-electron chi connectivity index (χ2n) is 10.4. The third-order valence-electron chi connectivity index (χ3n) is 8.66. The van der Waals surface area contributed by atoms with Crippen molar-refractivity contribution in [1.82, 2.24) is 9.80 Å². The number of fused-ring (bicyclic) bond motifs is 5. The summed E-state index contributed by atoms with van der Waals surface area (Å²) in [6.45, 7) is 4.02. The number of methoxy groups -OCH3 is 2. The second kappa shape index (κ2) is 9.39. The number of carbonyl (C=O) groups excluding carboxylic acids is 5. The Balaban J connectivity index is 1.72. The van der Waals surface area contributed by atoms with Gasteiger partial charge in [-0.1, -0.05) is 0 Å². The fourth-order valence-corrected chi connectivity index (χ4v) is 6.97. The van der Waals surface area contributed by atoms with Crippen LogP contribution in [0.2, 0.25) is 0 Å². The molecule has 0 aromatic rings. The number of allylic oxidation sites excluding steroid dienone is 4. The lowest BCUT2D eigenvalue weighted by atomic mass is 9.67. The Hall–Kier alpha value is -3.88. The van der Waals surface area contributed by atoms with Crippen LogP contribution in [-0.2, 0) is 38.2 Å². The molecule has 5 rings (SSSR count). The maximum absolute atomic E-state index is 13.7. The summed E-state index contributed by atoms with van der Waals surface area (Å²) in [5.41, 5.74) is 1.38. The number of Topliss-reactive ketones (excluding diaryl/α,β-unsaturated/α-hetero) is 4. The van der Waals surface area contributed by atoms with Crippen LogP contribution in [0.15, 0.2) is 45.0 Å². The van der Waals surface area contributed by atoms with Gasteiger partial charge in [-0.15, -0.1) is 0 Å². The van der Waals surface area contributed by atoms with E-state index in [1.165, 1.54) is 28.1 Å². The van der Waals surface area contributed by atoms with Gasteiger partial charge >= 0.3 is 5.97 Å². The summed E-state index contributed by atoms with van der Waals surface area (Å²) in [7, 11) is 4.44. The number of esters is 1. The predicted octanol–water partition coefficient (Wildman–Crippen LogP) is 0.708. The molecule has 204 valence electrons. The average Bonchev–Trinajstić information content (AvgIpc) is 2.89. The summed E-state index contributed by atoms with van der Waals surface area (Å²) in [5, 5.41) is 10.4. The molecule has 5 atom stereocenters. The van der Waals surface area contributed by atoms with Crippen LogP contribution < -0.4 is 0 Å². The Morgan fingerprint density at radius 3 is 1.92 bits per heavy atom. The van der Waals surface area contributed by atoms with Gasteiger partial charge in [0, 0.05) is 52.4 Å². The zero-order chi connectivity index (χ0) is 28.5. The van der Waals surface area contributed by atoms with E-state index in [1.807, 2.05) is 4.90 Å². The molecule has 1 saturated heterocycles. The lowest BCUT2D eigenvalue weighted by molar-refractivity contribution is -0.145. The molecular formula is C28H29N3O8. The molecule has 11 heteroatoms. The SMILES string of the molecule is COC1=C(C)C(=O)C2=C(C1=O)[C@@H]1[C@@H]3CC4=C(C(=O)C(OC)=C(C)C4=O)[C@H](COC(C)=O)N3[C@@H](C#N)[C@H](C2)N1C. The van der Waals surface area contributed by atoms with Crippen molar-refractivity contribution in [2.75, 3.05) is 27.9 Å². The average molecular weight is 536 g/mol. The molecule has 0 saturated carbocycles. The standard InChI is InChI=1S/C28H29N3O8/c1-11-23(33)14-8-17-22-21-15(24(34)12(2)28(38-6)26(21)36)7-16(30(22)4)18(9-29)31(17)19(10-39-13(3)32)20(14)25(35)27(11)37-5/h16-19,22H,7-8,10H2,1-6H3/t16-,17-,18-,19-,22-/m0/s1. The van der Waals surface area contributed by atoms with E-state index in [0.29, 0.717) is 5.57 Å². The molecule has 39 heavy (non-hydrogen) atoms. The highest BCUT2D eigenvalue weighted by Gasteiger charge is 2.60. The molecule has 0 aromatic heterocycles. The Labute approximate surface area is 225 Å². The van der Waals surface area contributed by atoms with E-state index in [2.05, 4.69) is 6.07 Å². The highest BCUT2D eigenvalue weighted by atomic mass is 16.5. The smallest absolute Gasteiger partial charge is 0.302 e. The number of piperazine rings is 1. The van der Waals surface area contributed by atoms with E-state index in [1.54, 1.807) is 18.9 Å². The Morgan fingerprint density at radius 1 is 0.897 bits per heavy atom. The zero-order valence-electron chi connectivity index (χ0n) is 22.6. The number of hydrogen-bond donors (Lipinski definition) is 0. The normalized spacial score (nSPS) is 31.2. The highest BCUT2D eigenvalue weighted by molar-refractivity contribution is 6.26. The summed E-state index contributed by atoms with van der Waals surface area (Å²) in [5.74, 6) is -2.28. The van der Waals surface area contributed by atoms with Crippen LogP contribution in [0.25, 0.3) is 0 Å². The van der Waals surface area contributed by atoms with Gasteiger partial charge in [0.15, 0.2) is 23.1 Å². The number of nitrogens with zero attached hydrogens (tertiary/aromatic N) is 3. The Kier molecular flexibility index (Phi) is 6.44. The van der Waals surface area contributed by atoms with E-state index in [4.69, 9.17) is 14.2 Å². The second-order valence-corrected chi connectivity index (χ2v) is 10.4. The maximum Gasteiger partial charge on any atom is 0.302 e. The number of nitriles is 1. The van der Waals surface area contributed by atoms with Crippen molar-refractivity contribution < 1.29 is 38.2 Å². The van der Waals surface area contributed by atoms with Crippen LogP contribution in [0.3, 0.4) is 0 Å². The van der Waals surface area contributed by atoms with Crippen LogP contribution >= 0.6 is 0 Å². The van der Waals surface area contributed by atoms with E-state index >= 15 is 0 Å². The molecule has 2 bridgehead atoms. The molecule has 0 amide bonds. The van der Waals surface area contributed by atoms with Crippen molar-refractivity contribution in [3.8, 4) is 6.07 Å². The monoisotopic (exact) mass is 535 g/mol. The number of ketones is 4. The van der Waals surface area contributed by atoms with Crippen molar-refractivity contribution in [3.63, 3.8) is 0 Å². The molecule has 5 aliphatic rings. The number of likely N-dealkylation sites (N-methyl/N-ethyl adjacent to an activating group) is 1. The minimum absolute atomic E-state index is 0.0285. The lowest BCUT2D eigenvalue weighted by Gasteiger charge is -2.60. The van der Waals surface area contributed by atoms with Gasteiger partial charge in [0.1, 0.15) is 12.6 Å². The van der Waals surface area contributed by atoms with Crippen LogP contribution in [0.1, 0.15) is 33.6 Å². The maximum atomic E-state index is 13.7. The van der Waals surface area contributed by atoms with Gasteiger partial charge < -0.3 is 14.2 Å². The fourth-order valence-electron chi connectivity index (χ4n) is 6.97. The van der Waals surface area contributed by atoms with Crippen molar-refractivity contribution in [3.05, 3.63) is 45.0 Å². The molecule has 1 fully saturated rings. The summed E-state index contributed by atoms with van der Waals surface area (Å²) in [6, 6.07) is -1.26. The molecule has 0 radical (unpaired) electrons. The molecule has 3 heterocycles. The van der Waals surface area contributed by atoms with E-state index in [-0.39, 0.29) is 70.4 Å². The van der Waals surface area contributed by atoms with Crippen molar-refractivity contribution in [2.45, 2.75) is 63.8 Å². The van der Waals surface area contributed by atoms with Crippen LogP contribution in [-0.4, -0.2) is 97.0 Å².